The number of halogens is 1. The number of carbonyl (C=O) groups excluding carboxylic acids is 3. The van der Waals surface area contributed by atoms with Crippen LogP contribution in [0.15, 0.2) is 18.2 Å². The second-order valence-corrected chi connectivity index (χ2v) is 6.65. The molecule has 4 N–H and O–H groups in total. The second kappa shape index (κ2) is 6.89. The lowest BCUT2D eigenvalue weighted by Crippen LogP contribution is -2.62. The van der Waals surface area contributed by atoms with E-state index in [4.69, 9.17) is 16.7 Å². The zero-order valence-corrected chi connectivity index (χ0v) is 14.3. The Balaban J connectivity index is 1.60. The highest BCUT2D eigenvalue weighted by atomic mass is 35.5. The lowest BCUT2D eigenvalue weighted by molar-refractivity contribution is -0.148. The lowest BCUT2D eigenvalue weighted by Gasteiger charge is -2.33. The van der Waals surface area contributed by atoms with Gasteiger partial charge in [0.1, 0.15) is 12.1 Å². The summed E-state index contributed by atoms with van der Waals surface area (Å²) < 4.78 is 0. The molecule has 134 valence electrons. The Morgan fingerprint density at radius 2 is 2.20 bits per heavy atom. The van der Waals surface area contributed by atoms with Crippen LogP contribution in [0.25, 0.3) is 0 Å². The largest absolute Gasteiger partial charge is 0.394 e. The van der Waals surface area contributed by atoms with Crippen LogP contribution in [0.4, 0.5) is 10.5 Å². The van der Waals surface area contributed by atoms with Crippen LogP contribution >= 0.6 is 11.6 Å². The Labute approximate surface area is 149 Å². The third-order valence-electron chi connectivity index (χ3n) is 4.45. The number of amides is 4. The van der Waals surface area contributed by atoms with E-state index in [0.29, 0.717) is 17.1 Å². The number of hydrogen-bond donors (Lipinski definition) is 4. The topological polar surface area (TPSA) is 111 Å². The van der Waals surface area contributed by atoms with Crippen molar-refractivity contribution < 1.29 is 19.5 Å². The number of nitrogens with zero attached hydrogens (tertiary/aromatic N) is 1. The molecule has 25 heavy (non-hydrogen) atoms. The number of piperazine rings is 1. The first kappa shape index (κ1) is 17.5. The first-order chi connectivity index (χ1) is 11.9. The van der Waals surface area contributed by atoms with E-state index in [1.807, 2.05) is 6.92 Å². The molecule has 8 nitrogen and oxygen atoms in total. The van der Waals surface area contributed by atoms with Gasteiger partial charge >= 0.3 is 6.03 Å². The van der Waals surface area contributed by atoms with E-state index in [1.54, 1.807) is 18.2 Å². The second-order valence-electron chi connectivity index (χ2n) is 6.25. The number of carbonyl (C=O) groups is 3. The molecular weight excluding hydrogens is 348 g/mol. The minimum absolute atomic E-state index is 0.232. The van der Waals surface area contributed by atoms with E-state index < -0.39 is 24.7 Å². The summed E-state index contributed by atoms with van der Waals surface area (Å²) in [5.74, 6) is -0.643. The highest BCUT2D eigenvalue weighted by Crippen LogP contribution is 2.23. The molecule has 0 aromatic heterocycles. The van der Waals surface area contributed by atoms with Gasteiger partial charge in [-0.05, 0) is 31.0 Å². The molecule has 3 rings (SSSR count). The van der Waals surface area contributed by atoms with Crippen LogP contribution in [0.5, 0.6) is 0 Å². The van der Waals surface area contributed by atoms with Crippen molar-refractivity contribution in [2.45, 2.75) is 31.5 Å². The summed E-state index contributed by atoms with van der Waals surface area (Å²) in [6.07, 6.45) is 0.331. The van der Waals surface area contributed by atoms with Crippen LogP contribution in [-0.4, -0.2) is 59.1 Å². The van der Waals surface area contributed by atoms with E-state index in [-0.39, 0.29) is 24.4 Å². The van der Waals surface area contributed by atoms with E-state index in [2.05, 4.69) is 16.0 Å². The molecule has 4 amide bonds. The van der Waals surface area contributed by atoms with Crippen LogP contribution in [0.2, 0.25) is 5.02 Å². The van der Waals surface area contributed by atoms with Crippen molar-refractivity contribution in [3.63, 3.8) is 0 Å². The molecule has 0 aliphatic carbocycles. The summed E-state index contributed by atoms with van der Waals surface area (Å²) in [4.78, 5) is 37.8. The molecule has 9 heteroatoms. The fourth-order valence-electron chi connectivity index (χ4n) is 3.11. The van der Waals surface area contributed by atoms with Gasteiger partial charge in [-0.1, -0.05) is 17.7 Å². The zero-order valence-electron chi connectivity index (χ0n) is 13.6. The quantitative estimate of drug-likeness (QED) is 0.613. The molecule has 2 aliphatic heterocycles. The smallest absolute Gasteiger partial charge is 0.319 e. The molecule has 2 aliphatic rings. The monoisotopic (exact) mass is 366 g/mol. The minimum Gasteiger partial charge on any atom is -0.394 e. The number of hydrogen-bond acceptors (Lipinski definition) is 4. The third-order valence-corrected chi connectivity index (χ3v) is 4.86. The maximum atomic E-state index is 12.2. The van der Waals surface area contributed by atoms with Gasteiger partial charge in [-0.2, -0.15) is 0 Å². The summed E-state index contributed by atoms with van der Waals surface area (Å²) >= 11 is 6.03. The number of rotatable bonds is 3. The number of fused-ring (bicyclic) bond motifs is 1. The molecule has 0 radical (unpaired) electrons. The molecule has 3 atom stereocenters. The van der Waals surface area contributed by atoms with Crippen LogP contribution < -0.4 is 16.0 Å². The van der Waals surface area contributed by atoms with E-state index in [1.165, 1.54) is 4.90 Å². The Morgan fingerprint density at radius 1 is 1.44 bits per heavy atom. The van der Waals surface area contributed by atoms with Crippen molar-refractivity contribution in [1.29, 1.82) is 0 Å². The number of aryl methyl sites for hydroxylation is 1. The number of urea groups is 1. The molecule has 1 aromatic rings. The number of benzene rings is 1. The van der Waals surface area contributed by atoms with Crippen molar-refractivity contribution in [3.05, 3.63) is 28.8 Å². The average molecular weight is 367 g/mol. The van der Waals surface area contributed by atoms with Gasteiger partial charge in [-0.15, -0.1) is 0 Å². The van der Waals surface area contributed by atoms with Gasteiger partial charge in [-0.25, -0.2) is 4.79 Å². The van der Waals surface area contributed by atoms with Gasteiger partial charge in [0.15, 0.2) is 0 Å². The highest BCUT2D eigenvalue weighted by Gasteiger charge is 2.46. The van der Waals surface area contributed by atoms with E-state index in [0.717, 1.165) is 5.56 Å². The molecule has 2 fully saturated rings. The van der Waals surface area contributed by atoms with Crippen LogP contribution in [0, 0.1) is 6.92 Å². The predicted molar refractivity (Wildman–Crippen MR) is 91.3 cm³/mol. The molecule has 1 aromatic carbocycles. The van der Waals surface area contributed by atoms with Gasteiger partial charge in [0, 0.05) is 17.3 Å². The Bertz CT molecular complexity index is 726. The molecule has 0 saturated carbocycles. The van der Waals surface area contributed by atoms with Gasteiger partial charge in [0.05, 0.1) is 12.6 Å². The predicted octanol–water partition coefficient (Wildman–Crippen LogP) is 0.230. The Morgan fingerprint density at radius 3 is 2.88 bits per heavy atom. The fraction of sp³-hybridized carbons (Fsp3) is 0.438. The van der Waals surface area contributed by atoms with E-state index in [9.17, 15) is 14.4 Å². The molecule has 2 heterocycles. The van der Waals surface area contributed by atoms with Crippen molar-refractivity contribution in [1.82, 2.24) is 15.5 Å². The van der Waals surface area contributed by atoms with E-state index >= 15 is 0 Å². The Hall–Kier alpha value is -2.32. The van der Waals surface area contributed by atoms with Crippen molar-refractivity contribution >= 4 is 35.1 Å². The number of aliphatic hydroxyl groups excluding tert-OH is 1. The summed E-state index contributed by atoms with van der Waals surface area (Å²) in [7, 11) is 0. The summed E-state index contributed by atoms with van der Waals surface area (Å²) in [6, 6.07) is 2.87. The molecular formula is C16H19ClN4O4. The normalized spacial score (nSPS) is 25.4. The molecule has 0 unspecified atom stereocenters. The first-order valence-corrected chi connectivity index (χ1v) is 8.32. The van der Waals surface area contributed by atoms with Crippen molar-refractivity contribution in [3.8, 4) is 0 Å². The van der Waals surface area contributed by atoms with Crippen molar-refractivity contribution in [2.75, 3.05) is 18.5 Å². The fourth-order valence-corrected chi connectivity index (χ4v) is 3.29. The number of aliphatic hydroxyl groups is 1. The zero-order chi connectivity index (χ0) is 18.1. The van der Waals surface area contributed by atoms with Gasteiger partial charge in [-0.3, -0.25) is 9.59 Å². The van der Waals surface area contributed by atoms with Gasteiger partial charge in [0.2, 0.25) is 11.8 Å². The highest BCUT2D eigenvalue weighted by molar-refractivity contribution is 6.31. The SMILES string of the molecule is Cc1ccc(NC(=O)N[C@H]2C[C@H]3C(=O)N[C@H](CO)C(=O)N3C2)cc1Cl. The minimum atomic E-state index is -0.911. The summed E-state index contributed by atoms with van der Waals surface area (Å²) in [5, 5.41) is 17.6. The lowest BCUT2D eigenvalue weighted by atomic mass is 10.1. The van der Waals surface area contributed by atoms with Crippen LogP contribution in [0.3, 0.4) is 0 Å². The molecule has 0 spiro atoms. The third kappa shape index (κ3) is 3.54. The number of anilines is 1. The molecule has 2 saturated heterocycles. The molecule has 0 bridgehead atoms. The van der Waals surface area contributed by atoms with Gasteiger partial charge in [0.25, 0.3) is 0 Å². The first-order valence-electron chi connectivity index (χ1n) is 7.94. The summed E-state index contributed by atoms with van der Waals surface area (Å²) in [5.41, 5.74) is 1.46. The van der Waals surface area contributed by atoms with Gasteiger partial charge < -0.3 is 26.0 Å². The van der Waals surface area contributed by atoms with Crippen molar-refractivity contribution in [2.24, 2.45) is 0 Å². The standard InChI is InChI=1S/C16H19ClN4O4/c1-8-2-3-9(4-11(8)17)18-16(25)19-10-5-13-14(23)20-12(7-22)15(24)21(13)6-10/h2-4,10,12-13,22H,5-7H2,1H3,(H,20,23)(H2,18,19,25)/t10-,12+,13-/m0/s1. The number of nitrogens with one attached hydrogen (secondary N) is 3. The van der Waals surface area contributed by atoms with Crippen LogP contribution in [0.1, 0.15) is 12.0 Å². The maximum Gasteiger partial charge on any atom is 0.319 e. The van der Waals surface area contributed by atoms with Crippen LogP contribution in [-0.2, 0) is 9.59 Å². The average Bonchev–Trinajstić information content (AvgIpc) is 2.98. The Kier molecular flexibility index (Phi) is 4.82. The summed E-state index contributed by atoms with van der Waals surface area (Å²) in [6.45, 7) is 1.65. The maximum absolute atomic E-state index is 12.2.